The fraction of sp³-hybridized carbons (Fsp3) is 1.00. The highest BCUT2D eigenvalue weighted by atomic mass is 16.3. The van der Waals surface area contributed by atoms with Gasteiger partial charge in [-0.25, -0.2) is 0 Å². The van der Waals surface area contributed by atoms with Gasteiger partial charge in [0.05, 0.1) is 6.61 Å². The number of nitrogens with zero attached hydrogens (tertiary/aromatic N) is 2. The molecule has 0 aromatic heterocycles. The fourth-order valence-electron chi connectivity index (χ4n) is 4.90. The Morgan fingerprint density at radius 3 is 2.45 bits per heavy atom. The summed E-state index contributed by atoms with van der Waals surface area (Å²) in [4.78, 5) is 5.08. The summed E-state index contributed by atoms with van der Waals surface area (Å²) in [5, 5.41) is 9.01. The maximum Gasteiger partial charge on any atom is 0.0558 e. The summed E-state index contributed by atoms with van der Waals surface area (Å²) in [6, 6.07) is 0. The summed E-state index contributed by atoms with van der Waals surface area (Å²) in [6.45, 7) is 9.71. The highest BCUT2D eigenvalue weighted by molar-refractivity contribution is 4.88. The van der Waals surface area contributed by atoms with Gasteiger partial charge in [-0.15, -0.1) is 0 Å². The van der Waals surface area contributed by atoms with Gasteiger partial charge in [-0.3, -0.25) is 4.90 Å². The van der Waals surface area contributed by atoms with E-state index in [-0.39, 0.29) is 0 Å². The van der Waals surface area contributed by atoms with Crippen molar-refractivity contribution >= 4 is 0 Å². The molecule has 0 aromatic carbocycles. The Hall–Kier alpha value is -0.120. The van der Waals surface area contributed by atoms with Crippen molar-refractivity contribution in [3.63, 3.8) is 0 Å². The van der Waals surface area contributed by atoms with Gasteiger partial charge < -0.3 is 10.0 Å². The molecule has 1 saturated heterocycles. The first-order valence-corrected chi connectivity index (χ1v) is 8.80. The zero-order chi connectivity index (χ0) is 13.9. The standard InChI is InChI=1S/C17H32N2O/c1-14-2-3-15-10-16(12-17(14)11-15)13-19-6-4-18(5-7-19)8-9-20/h14-17,20H,2-13H2,1H3. The smallest absolute Gasteiger partial charge is 0.0558 e. The quantitative estimate of drug-likeness (QED) is 0.854. The van der Waals surface area contributed by atoms with Gasteiger partial charge in [-0.1, -0.05) is 19.8 Å². The van der Waals surface area contributed by atoms with Crippen LogP contribution in [0, 0.1) is 23.7 Å². The number of aliphatic hydroxyl groups excluding tert-OH is 1. The third-order valence-corrected chi connectivity index (χ3v) is 6.17. The summed E-state index contributed by atoms with van der Waals surface area (Å²) in [7, 11) is 0. The molecule has 1 heterocycles. The van der Waals surface area contributed by atoms with Gasteiger partial charge in [-0.2, -0.15) is 0 Å². The van der Waals surface area contributed by atoms with Crippen LogP contribution in [-0.2, 0) is 0 Å². The number of rotatable bonds is 4. The Labute approximate surface area is 124 Å². The molecule has 2 saturated carbocycles. The zero-order valence-electron chi connectivity index (χ0n) is 13.1. The molecular formula is C17H32N2O. The van der Waals surface area contributed by atoms with Crippen molar-refractivity contribution in [2.24, 2.45) is 23.7 Å². The first-order chi connectivity index (χ1) is 9.74. The van der Waals surface area contributed by atoms with Gasteiger partial charge in [0.15, 0.2) is 0 Å². The number of fused-ring (bicyclic) bond motifs is 2. The number of hydrogen-bond donors (Lipinski definition) is 1. The van der Waals surface area contributed by atoms with E-state index in [1.54, 1.807) is 0 Å². The van der Waals surface area contributed by atoms with Gasteiger partial charge >= 0.3 is 0 Å². The Kier molecular flexibility index (Phi) is 5.00. The third-order valence-electron chi connectivity index (χ3n) is 6.17. The molecule has 0 spiro atoms. The monoisotopic (exact) mass is 280 g/mol. The van der Waals surface area contributed by atoms with Crippen LogP contribution in [0.1, 0.15) is 39.0 Å². The van der Waals surface area contributed by atoms with Crippen LogP contribution in [0.3, 0.4) is 0 Å². The predicted molar refractivity (Wildman–Crippen MR) is 82.7 cm³/mol. The van der Waals surface area contributed by atoms with E-state index in [1.165, 1.54) is 51.7 Å². The van der Waals surface area contributed by atoms with E-state index >= 15 is 0 Å². The lowest BCUT2D eigenvalue weighted by molar-refractivity contribution is 0.0516. The van der Waals surface area contributed by atoms with E-state index in [4.69, 9.17) is 5.11 Å². The molecule has 3 aliphatic rings. The molecule has 3 nitrogen and oxygen atoms in total. The van der Waals surface area contributed by atoms with Crippen molar-refractivity contribution in [3.05, 3.63) is 0 Å². The molecule has 1 N–H and O–H groups in total. The number of hydrogen-bond acceptors (Lipinski definition) is 3. The molecule has 2 aliphatic carbocycles. The molecule has 3 fully saturated rings. The molecule has 3 rings (SSSR count). The van der Waals surface area contributed by atoms with Crippen LogP contribution in [0.4, 0.5) is 0 Å². The van der Waals surface area contributed by atoms with E-state index in [0.717, 1.165) is 43.3 Å². The lowest BCUT2D eigenvalue weighted by Crippen LogP contribution is -2.49. The molecule has 4 atom stereocenters. The minimum absolute atomic E-state index is 0.309. The maximum absolute atomic E-state index is 9.01. The third kappa shape index (κ3) is 3.55. The maximum atomic E-state index is 9.01. The van der Waals surface area contributed by atoms with Crippen LogP contribution in [0.5, 0.6) is 0 Å². The molecule has 4 unspecified atom stereocenters. The molecule has 0 amide bonds. The largest absolute Gasteiger partial charge is 0.395 e. The van der Waals surface area contributed by atoms with Crippen molar-refractivity contribution < 1.29 is 5.11 Å². The first-order valence-electron chi connectivity index (χ1n) is 8.80. The SMILES string of the molecule is CC1CCC2CC(CN3CCN(CCO)CC3)CC1C2. The van der Waals surface area contributed by atoms with E-state index in [9.17, 15) is 0 Å². The number of aliphatic hydroxyl groups is 1. The molecule has 2 bridgehead atoms. The molecule has 0 radical (unpaired) electrons. The Bertz CT molecular complexity index is 301. The van der Waals surface area contributed by atoms with Crippen molar-refractivity contribution in [2.45, 2.75) is 39.0 Å². The van der Waals surface area contributed by atoms with Gasteiger partial charge in [0.2, 0.25) is 0 Å². The Morgan fingerprint density at radius 2 is 1.70 bits per heavy atom. The summed E-state index contributed by atoms with van der Waals surface area (Å²) in [5.41, 5.74) is 0. The summed E-state index contributed by atoms with van der Waals surface area (Å²) in [5.74, 6) is 4.02. The van der Waals surface area contributed by atoms with Gasteiger partial charge in [0.1, 0.15) is 0 Å². The molecule has 0 aromatic rings. The van der Waals surface area contributed by atoms with Crippen LogP contribution >= 0.6 is 0 Å². The van der Waals surface area contributed by atoms with Crippen LogP contribution in [-0.4, -0.2) is 60.8 Å². The Morgan fingerprint density at radius 1 is 0.950 bits per heavy atom. The van der Waals surface area contributed by atoms with E-state index in [1.807, 2.05) is 0 Å². The van der Waals surface area contributed by atoms with Crippen LogP contribution in [0.15, 0.2) is 0 Å². The van der Waals surface area contributed by atoms with E-state index < -0.39 is 0 Å². The average Bonchev–Trinajstić information content (AvgIpc) is 2.46. The molecule has 20 heavy (non-hydrogen) atoms. The second kappa shape index (κ2) is 6.76. The highest BCUT2D eigenvalue weighted by Gasteiger charge is 2.36. The van der Waals surface area contributed by atoms with Crippen LogP contribution < -0.4 is 0 Å². The molecule has 1 aliphatic heterocycles. The van der Waals surface area contributed by atoms with E-state index in [0.29, 0.717) is 6.61 Å². The Balaban J connectivity index is 1.45. The normalized spacial score (nSPS) is 39.9. The van der Waals surface area contributed by atoms with Gasteiger partial charge in [0, 0.05) is 39.3 Å². The van der Waals surface area contributed by atoms with Crippen molar-refractivity contribution in [2.75, 3.05) is 45.9 Å². The molecule has 3 heteroatoms. The predicted octanol–water partition coefficient (Wildman–Crippen LogP) is 2.06. The van der Waals surface area contributed by atoms with Crippen molar-refractivity contribution in [1.29, 1.82) is 0 Å². The topological polar surface area (TPSA) is 26.7 Å². The molecule has 116 valence electrons. The zero-order valence-corrected chi connectivity index (χ0v) is 13.1. The van der Waals surface area contributed by atoms with Gasteiger partial charge in [0.25, 0.3) is 0 Å². The molecular weight excluding hydrogens is 248 g/mol. The first kappa shape index (κ1) is 14.8. The fourth-order valence-corrected chi connectivity index (χ4v) is 4.90. The number of β-amino-alcohol motifs (C(OH)–C–C–N with tert-alkyl or cyclic N) is 1. The van der Waals surface area contributed by atoms with Crippen molar-refractivity contribution in [3.8, 4) is 0 Å². The van der Waals surface area contributed by atoms with Crippen molar-refractivity contribution in [1.82, 2.24) is 9.80 Å². The van der Waals surface area contributed by atoms with Gasteiger partial charge in [-0.05, 0) is 42.9 Å². The van der Waals surface area contributed by atoms with E-state index in [2.05, 4.69) is 16.7 Å². The lowest BCUT2D eigenvalue weighted by Gasteiger charge is -2.44. The van der Waals surface area contributed by atoms with Crippen LogP contribution in [0.25, 0.3) is 0 Å². The second-order valence-electron chi connectivity index (χ2n) is 7.62. The summed E-state index contributed by atoms with van der Waals surface area (Å²) >= 11 is 0. The highest BCUT2D eigenvalue weighted by Crippen LogP contribution is 2.45. The summed E-state index contributed by atoms with van der Waals surface area (Å²) in [6.07, 6.45) is 7.51. The lowest BCUT2D eigenvalue weighted by atomic mass is 9.64. The minimum atomic E-state index is 0.309. The number of piperazine rings is 1. The average molecular weight is 280 g/mol. The minimum Gasteiger partial charge on any atom is -0.395 e. The second-order valence-corrected chi connectivity index (χ2v) is 7.62. The van der Waals surface area contributed by atoms with Crippen LogP contribution in [0.2, 0.25) is 0 Å². The summed E-state index contributed by atoms with van der Waals surface area (Å²) < 4.78 is 0.